The van der Waals surface area contributed by atoms with E-state index in [2.05, 4.69) is 51.9 Å². The number of hydrogen-bond donors (Lipinski definition) is 0. The van der Waals surface area contributed by atoms with Crippen molar-refractivity contribution in [3.05, 3.63) is 106 Å². The largest absolute Gasteiger partial charge is 0.257 e. The molecule has 0 aliphatic rings. The Morgan fingerprint density at radius 2 is 1.64 bits per heavy atom. The molecule has 0 atom stereocenters. The summed E-state index contributed by atoms with van der Waals surface area (Å²) in [6, 6.07) is 26.5. The van der Waals surface area contributed by atoms with Crippen LogP contribution in [0.1, 0.15) is 11.3 Å². The first-order chi connectivity index (χ1) is 13.9. The van der Waals surface area contributed by atoms with Crippen molar-refractivity contribution in [1.29, 1.82) is 0 Å². The summed E-state index contributed by atoms with van der Waals surface area (Å²) < 4.78 is 1.90. The molecule has 0 bridgehead atoms. The van der Waals surface area contributed by atoms with Gasteiger partial charge in [-0.2, -0.15) is 5.10 Å². The first-order valence-corrected chi connectivity index (χ1v) is 10.0. The van der Waals surface area contributed by atoms with E-state index in [1.165, 1.54) is 5.56 Å². The number of aromatic nitrogens is 2. The van der Waals surface area contributed by atoms with Gasteiger partial charge < -0.3 is 0 Å². The maximum absolute atomic E-state index is 4.81. The quantitative estimate of drug-likeness (QED) is 0.447. The minimum absolute atomic E-state index is 0.720. The van der Waals surface area contributed by atoms with Crippen molar-refractivity contribution in [2.75, 3.05) is 6.54 Å². The molecule has 0 saturated heterocycles. The van der Waals surface area contributed by atoms with Crippen molar-refractivity contribution in [2.24, 2.45) is 10.1 Å². The summed E-state index contributed by atoms with van der Waals surface area (Å²) in [4.78, 5) is 10.0. The maximum Gasteiger partial charge on any atom is 0.206 e. The third-order valence-electron chi connectivity index (χ3n) is 4.24. The first kappa shape index (κ1) is 18.1. The van der Waals surface area contributed by atoms with Crippen molar-refractivity contribution in [3.8, 4) is 11.3 Å². The molecule has 0 amide bonds. The van der Waals surface area contributed by atoms with Gasteiger partial charge in [-0.05, 0) is 24.1 Å². The molecule has 0 fully saturated rings. The zero-order chi connectivity index (χ0) is 19.0. The number of rotatable bonds is 6. The molecule has 2 aromatic carbocycles. The van der Waals surface area contributed by atoms with Gasteiger partial charge in [-0.1, -0.05) is 66.7 Å². The standard InChI is InChI=1S/C23H20N4S/c1-3-9-19(10-4-1)14-16-25-23-27(26-17-21-13-7-8-15-24-21)22(18-28-23)20-11-5-2-6-12-20/h1-13,15,17-18H,14,16H2. The highest BCUT2D eigenvalue weighted by Crippen LogP contribution is 2.19. The van der Waals surface area contributed by atoms with Crippen LogP contribution in [0, 0.1) is 0 Å². The van der Waals surface area contributed by atoms with Crippen molar-refractivity contribution in [3.63, 3.8) is 0 Å². The Bertz CT molecular complexity index is 1100. The lowest BCUT2D eigenvalue weighted by Crippen LogP contribution is -2.13. The Balaban J connectivity index is 1.66. The lowest BCUT2D eigenvalue weighted by Gasteiger charge is -2.03. The Hall–Kier alpha value is -3.31. The van der Waals surface area contributed by atoms with Gasteiger partial charge in [0.1, 0.15) is 0 Å². The minimum atomic E-state index is 0.720. The van der Waals surface area contributed by atoms with Crippen LogP contribution in [0.3, 0.4) is 0 Å². The van der Waals surface area contributed by atoms with Gasteiger partial charge in [-0.15, -0.1) is 11.3 Å². The van der Waals surface area contributed by atoms with Gasteiger partial charge in [0.15, 0.2) is 0 Å². The third-order valence-corrected chi connectivity index (χ3v) is 5.09. The van der Waals surface area contributed by atoms with Crippen LogP contribution in [0.2, 0.25) is 0 Å². The second-order valence-electron chi connectivity index (χ2n) is 6.20. The molecule has 0 aliphatic carbocycles. The predicted octanol–water partition coefficient (Wildman–Crippen LogP) is 4.64. The van der Waals surface area contributed by atoms with Crippen molar-refractivity contribution in [1.82, 2.24) is 9.66 Å². The van der Waals surface area contributed by atoms with Crippen LogP contribution in [0.25, 0.3) is 11.3 Å². The molecule has 0 unspecified atom stereocenters. The Labute approximate surface area is 168 Å². The molecular formula is C23H20N4S. The molecule has 4 aromatic rings. The second-order valence-corrected chi connectivity index (χ2v) is 7.03. The summed E-state index contributed by atoms with van der Waals surface area (Å²) in [6.07, 6.45) is 4.45. The van der Waals surface area contributed by atoms with Gasteiger partial charge in [-0.25, -0.2) is 4.68 Å². The van der Waals surface area contributed by atoms with E-state index in [-0.39, 0.29) is 0 Å². The molecule has 0 radical (unpaired) electrons. The van der Waals surface area contributed by atoms with E-state index >= 15 is 0 Å². The summed E-state index contributed by atoms with van der Waals surface area (Å²) in [7, 11) is 0. The van der Waals surface area contributed by atoms with E-state index in [0.29, 0.717) is 0 Å². The molecule has 0 N–H and O–H groups in total. The summed E-state index contributed by atoms with van der Waals surface area (Å²) in [5.41, 5.74) is 4.24. The van der Waals surface area contributed by atoms with Gasteiger partial charge in [0.05, 0.1) is 17.6 Å². The predicted molar refractivity (Wildman–Crippen MR) is 116 cm³/mol. The molecule has 0 aliphatic heterocycles. The number of benzene rings is 2. The van der Waals surface area contributed by atoms with Crippen LogP contribution in [0.5, 0.6) is 0 Å². The molecule has 5 heteroatoms. The van der Waals surface area contributed by atoms with Gasteiger partial charge in [0, 0.05) is 23.7 Å². The zero-order valence-corrected chi connectivity index (χ0v) is 16.2. The van der Waals surface area contributed by atoms with E-state index < -0.39 is 0 Å². The second kappa shape index (κ2) is 9.06. The lowest BCUT2D eigenvalue weighted by molar-refractivity contribution is 0.816. The zero-order valence-electron chi connectivity index (χ0n) is 15.3. The molecule has 28 heavy (non-hydrogen) atoms. The van der Waals surface area contributed by atoms with E-state index in [9.17, 15) is 0 Å². The molecule has 2 aromatic heterocycles. The molecule has 2 heterocycles. The highest BCUT2D eigenvalue weighted by Gasteiger charge is 2.07. The summed E-state index contributed by atoms with van der Waals surface area (Å²) >= 11 is 1.60. The summed E-state index contributed by atoms with van der Waals surface area (Å²) in [5, 5.41) is 6.79. The van der Waals surface area contributed by atoms with Crippen LogP contribution in [0.4, 0.5) is 0 Å². The smallest absolute Gasteiger partial charge is 0.206 e. The van der Waals surface area contributed by atoms with Crippen LogP contribution < -0.4 is 4.80 Å². The van der Waals surface area contributed by atoms with Crippen LogP contribution in [-0.4, -0.2) is 22.4 Å². The highest BCUT2D eigenvalue weighted by atomic mass is 32.1. The number of nitrogens with zero attached hydrogens (tertiary/aromatic N) is 4. The fourth-order valence-corrected chi connectivity index (χ4v) is 3.69. The number of thiazole rings is 1. The summed E-state index contributed by atoms with van der Waals surface area (Å²) in [6.45, 7) is 0.720. The Morgan fingerprint density at radius 1 is 0.893 bits per heavy atom. The van der Waals surface area contributed by atoms with Crippen LogP contribution in [-0.2, 0) is 6.42 Å². The van der Waals surface area contributed by atoms with Gasteiger partial charge in [0.2, 0.25) is 4.80 Å². The van der Waals surface area contributed by atoms with Gasteiger partial charge in [0.25, 0.3) is 0 Å². The fourth-order valence-electron chi connectivity index (χ4n) is 2.82. The number of pyridine rings is 1. The molecule has 4 nitrogen and oxygen atoms in total. The molecule has 138 valence electrons. The van der Waals surface area contributed by atoms with Gasteiger partial charge in [-0.3, -0.25) is 9.98 Å². The topological polar surface area (TPSA) is 42.5 Å². The molecule has 4 rings (SSSR count). The monoisotopic (exact) mass is 384 g/mol. The molecule has 0 saturated carbocycles. The summed E-state index contributed by atoms with van der Waals surface area (Å²) in [5.74, 6) is 0. The van der Waals surface area contributed by atoms with Crippen LogP contribution >= 0.6 is 11.3 Å². The van der Waals surface area contributed by atoms with Crippen molar-refractivity contribution >= 4 is 17.6 Å². The SMILES string of the molecule is C(=Nn1c(-c2ccccc2)csc1=NCCc1ccccc1)c1ccccn1. The van der Waals surface area contributed by atoms with E-state index in [1.807, 2.05) is 47.1 Å². The van der Waals surface area contributed by atoms with E-state index in [0.717, 1.165) is 34.7 Å². The lowest BCUT2D eigenvalue weighted by atomic mass is 10.2. The first-order valence-electron chi connectivity index (χ1n) is 9.16. The molecular weight excluding hydrogens is 364 g/mol. The Kier molecular flexibility index (Phi) is 5.85. The van der Waals surface area contributed by atoms with Crippen molar-refractivity contribution in [2.45, 2.75) is 6.42 Å². The number of hydrogen-bond acceptors (Lipinski definition) is 4. The van der Waals surface area contributed by atoms with Crippen LogP contribution in [0.15, 0.2) is 101 Å². The third kappa shape index (κ3) is 4.50. The average Bonchev–Trinajstić information content (AvgIpc) is 3.17. The van der Waals surface area contributed by atoms with E-state index in [1.54, 1.807) is 23.7 Å². The minimum Gasteiger partial charge on any atom is -0.257 e. The Morgan fingerprint density at radius 3 is 2.39 bits per heavy atom. The molecule has 0 spiro atoms. The van der Waals surface area contributed by atoms with Gasteiger partial charge >= 0.3 is 0 Å². The normalized spacial score (nSPS) is 11.9. The fraction of sp³-hybridized carbons (Fsp3) is 0.0870. The van der Waals surface area contributed by atoms with E-state index in [4.69, 9.17) is 4.99 Å². The maximum atomic E-state index is 4.81. The highest BCUT2D eigenvalue weighted by molar-refractivity contribution is 7.07. The average molecular weight is 385 g/mol. The van der Waals surface area contributed by atoms with Crippen molar-refractivity contribution < 1.29 is 0 Å².